The van der Waals surface area contributed by atoms with Crippen molar-refractivity contribution < 1.29 is 9.53 Å². The Kier molecular flexibility index (Phi) is 3.77. The SMILES string of the molecule is COc1ccc2c(C)c(C(=O)Nc3cccc(Cl)c3)[nH]c2c1. The summed E-state index contributed by atoms with van der Waals surface area (Å²) in [6.07, 6.45) is 0. The van der Waals surface area contributed by atoms with E-state index in [0.29, 0.717) is 16.4 Å². The van der Waals surface area contributed by atoms with E-state index in [9.17, 15) is 4.79 Å². The van der Waals surface area contributed by atoms with Crippen LogP contribution in [0.15, 0.2) is 42.5 Å². The number of hydrogen-bond acceptors (Lipinski definition) is 2. The van der Waals surface area contributed by atoms with Gasteiger partial charge in [-0.15, -0.1) is 0 Å². The number of carbonyl (C=O) groups is 1. The van der Waals surface area contributed by atoms with Gasteiger partial charge < -0.3 is 15.0 Å². The molecule has 0 aliphatic heterocycles. The number of methoxy groups -OCH3 is 1. The molecule has 1 amide bonds. The molecule has 4 nitrogen and oxygen atoms in total. The van der Waals surface area contributed by atoms with Crippen molar-refractivity contribution >= 4 is 34.1 Å². The van der Waals surface area contributed by atoms with Gasteiger partial charge in [0.1, 0.15) is 11.4 Å². The van der Waals surface area contributed by atoms with E-state index < -0.39 is 0 Å². The number of aryl methyl sites for hydroxylation is 1. The highest BCUT2D eigenvalue weighted by atomic mass is 35.5. The van der Waals surface area contributed by atoms with E-state index in [-0.39, 0.29) is 5.91 Å². The van der Waals surface area contributed by atoms with E-state index in [0.717, 1.165) is 22.2 Å². The van der Waals surface area contributed by atoms with Crippen LogP contribution >= 0.6 is 11.6 Å². The van der Waals surface area contributed by atoms with Gasteiger partial charge in [-0.1, -0.05) is 17.7 Å². The van der Waals surface area contributed by atoms with Crippen molar-refractivity contribution in [2.45, 2.75) is 6.92 Å². The van der Waals surface area contributed by atoms with E-state index >= 15 is 0 Å². The number of halogens is 1. The topological polar surface area (TPSA) is 54.1 Å². The summed E-state index contributed by atoms with van der Waals surface area (Å²) in [7, 11) is 1.61. The Labute approximate surface area is 133 Å². The first kappa shape index (κ1) is 14.5. The lowest BCUT2D eigenvalue weighted by Crippen LogP contribution is -2.13. The Bertz CT molecular complexity index is 855. The third kappa shape index (κ3) is 2.65. The molecule has 0 spiro atoms. The highest BCUT2D eigenvalue weighted by molar-refractivity contribution is 6.31. The second-order valence-electron chi connectivity index (χ2n) is 5.00. The Hall–Kier alpha value is -2.46. The summed E-state index contributed by atoms with van der Waals surface area (Å²) in [5.41, 5.74) is 2.96. The van der Waals surface area contributed by atoms with Crippen LogP contribution in [0.1, 0.15) is 16.1 Å². The molecule has 0 unspecified atom stereocenters. The molecule has 0 bridgehead atoms. The predicted molar refractivity (Wildman–Crippen MR) is 89.0 cm³/mol. The lowest BCUT2D eigenvalue weighted by molar-refractivity contribution is 0.102. The van der Waals surface area contributed by atoms with Gasteiger partial charge >= 0.3 is 0 Å². The second kappa shape index (κ2) is 5.73. The quantitative estimate of drug-likeness (QED) is 0.753. The Morgan fingerprint density at radius 3 is 2.77 bits per heavy atom. The molecule has 0 saturated carbocycles. The maximum Gasteiger partial charge on any atom is 0.272 e. The Morgan fingerprint density at radius 2 is 2.05 bits per heavy atom. The minimum absolute atomic E-state index is 0.199. The number of H-pyrrole nitrogens is 1. The van der Waals surface area contributed by atoms with E-state index in [2.05, 4.69) is 10.3 Å². The number of carbonyl (C=O) groups excluding carboxylic acids is 1. The van der Waals surface area contributed by atoms with Crippen LogP contribution in [0.3, 0.4) is 0 Å². The molecule has 0 radical (unpaired) electrons. The Balaban J connectivity index is 1.95. The van der Waals surface area contributed by atoms with Crippen molar-refractivity contribution in [3.05, 3.63) is 58.7 Å². The highest BCUT2D eigenvalue weighted by Crippen LogP contribution is 2.26. The number of aromatic amines is 1. The van der Waals surface area contributed by atoms with Gasteiger partial charge in [-0.2, -0.15) is 0 Å². The summed E-state index contributed by atoms with van der Waals surface area (Å²) >= 11 is 5.93. The Morgan fingerprint density at radius 1 is 1.23 bits per heavy atom. The van der Waals surface area contributed by atoms with Gasteiger partial charge in [0.25, 0.3) is 5.91 Å². The number of ether oxygens (including phenoxy) is 1. The van der Waals surface area contributed by atoms with E-state index in [1.807, 2.05) is 25.1 Å². The summed E-state index contributed by atoms with van der Waals surface area (Å²) in [4.78, 5) is 15.6. The van der Waals surface area contributed by atoms with Gasteiger partial charge in [-0.05, 0) is 42.8 Å². The predicted octanol–water partition coefficient (Wildman–Crippen LogP) is 4.39. The molecule has 1 aromatic heterocycles. The largest absolute Gasteiger partial charge is 0.497 e. The molecule has 0 atom stereocenters. The van der Waals surface area contributed by atoms with Crippen molar-refractivity contribution in [3.8, 4) is 5.75 Å². The summed E-state index contributed by atoms with van der Waals surface area (Å²) in [6, 6.07) is 12.8. The molecule has 3 aromatic rings. The summed E-state index contributed by atoms with van der Waals surface area (Å²) in [5, 5.41) is 4.42. The van der Waals surface area contributed by atoms with Crippen LogP contribution in [-0.4, -0.2) is 18.0 Å². The van der Waals surface area contributed by atoms with Crippen molar-refractivity contribution in [3.63, 3.8) is 0 Å². The maximum absolute atomic E-state index is 12.5. The van der Waals surface area contributed by atoms with Crippen molar-refractivity contribution in [2.75, 3.05) is 12.4 Å². The summed E-state index contributed by atoms with van der Waals surface area (Å²) in [6.45, 7) is 1.91. The fourth-order valence-corrected chi connectivity index (χ4v) is 2.62. The highest BCUT2D eigenvalue weighted by Gasteiger charge is 2.15. The van der Waals surface area contributed by atoms with Crippen LogP contribution < -0.4 is 10.1 Å². The zero-order valence-corrected chi connectivity index (χ0v) is 13.0. The molecule has 3 rings (SSSR count). The first-order valence-electron chi connectivity index (χ1n) is 6.81. The molecule has 0 saturated heterocycles. The van der Waals surface area contributed by atoms with Crippen molar-refractivity contribution in [1.82, 2.24) is 4.98 Å². The molecule has 5 heteroatoms. The zero-order valence-electron chi connectivity index (χ0n) is 12.2. The average Bonchev–Trinajstić information content (AvgIpc) is 2.84. The third-order valence-electron chi connectivity index (χ3n) is 3.57. The van der Waals surface area contributed by atoms with Crippen LogP contribution in [-0.2, 0) is 0 Å². The van der Waals surface area contributed by atoms with Gasteiger partial charge in [0.05, 0.1) is 7.11 Å². The van der Waals surface area contributed by atoms with Crippen LogP contribution in [0.4, 0.5) is 5.69 Å². The summed E-state index contributed by atoms with van der Waals surface area (Å²) in [5.74, 6) is 0.547. The number of fused-ring (bicyclic) bond motifs is 1. The van der Waals surface area contributed by atoms with Gasteiger partial charge in [-0.3, -0.25) is 4.79 Å². The molecular formula is C17H15ClN2O2. The lowest BCUT2D eigenvalue weighted by Gasteiger charge is -2.05. The van der Waals surface area contributed by atoms with Crippen LogP contribution in [0.5, 0.6) is 5.75 Å². The maximum atomic E-state index is 12.5. The van der Waals surface area contributed by atoms with Crippen LogP contribution in [0.2, 0.25) is 5.02 Å². The number of aromatic nitrogens is 1. The van der Waals surface area contributed by atoms with Gasteiger partial charge in [0.15, 0.2) is 0 Å². The molecule has 112 valence electrons. The molecule has 2 N–H and O–H groups in total. The monoisotopic (exact) mass is 314 g/mol. The zero-order chi connectivity index (χ0) is 15.7. The normalized spacial score (nSPS) is 10.7. The molecule has 2 aromatic carbocycles. The second-order valence-corrected chi connectivity index (χ2v) is 5.44. The standard InChI is InChI=1S/C17H15ClN2O2/c1-10-14-7-6-13(22-2)9-15(14)20-16(10)17(21)19-12-5-3-4-11(18)8-12/h3-9,20H,1-2H3,(H,19,21). The van der Waals surface area contributed by atoms with E-state index in [4.69, 9.17) is 16.3 Å². The van der Waals surface area contributed by atoms with E-state index in [1.54, 1.807) is 31.4 Å². The fraction of sp³-hybridized carbons (Fsp3) is 0.118. The molecule has 0 fully saturated rings. The third-order valence-corrected chi connectivity index (χ3v) is 3.81. The number of benzene rings is 2. The van der Waals surface area contributed by atoms with Crippen LogP contribution in [0, 0.1) is 6.92 Å². The lowest BCUT2D eigenvalue weighted by atomic mass is 10.1. The van der Waals surface area contributed by atoms with Crippen LogP contribution in [0.25, 0.3) is 10.9 Å². The number of rotatable bonds is 3. The fourth-order valence-electron chi connectivity index (χ4n) is 2.43. The molecule has 1 heterocycles. The number of hydrogen-bond donors (Lipinski definition) is 2. The molecule has 22 heavy (non-hydrogen) atoms. The number of amides is 1. The van der Waals surface area contributed by atoms with Gasteiger partial charge in [0, 0.05) is 27.7 Å². The van der Waals surface area contributed by atoms with Gasteiger partial charge in [0.2, 0.25) is 0 Å². The summed E-state index contributed by atoms with van der Waals surface area (Å²) < 4.78 is 5.21. The molecule has 0 aliphatic rings. The molecular weight excluding hydrogens is 300 g/mol. The van der Waals surface area contributed by atoms with Gasteiger partial charge in [-0.25, -0.2) is 0 Å². The first-order valence-corrected chi connectivity index (χ1v) is 7.19. The van der Waals surface area contributed by atoms with E-state index in [1.165, 1.54) is 0 Å². The van der Waals surface area contributed by atoms with Crippen molar-refractivity contribution in [1.29, 1.82) is 0 Å². The van der Waals surface area contributed by atoms with Crippen molar-refractivity contribution in [2.24, 2.45) is 0 Å². The smallest absolute Gasteiger partial charge is 0.272 e. The average molecular weight is 315 g/mol. The first-order chi connectivity index (χ1) is 10.6. The minimum atomic E-state index is -0.199. The minimum Gasteiger partial charge on any atom is -0.497 e. The number of anilines is 1. The number of nitrogens with one attached hydrogen (secondary N) is 2. The molecule has 0 aliphatic carbocycles.